The van der Waals surface area contributed by atoms with Gasteiger partial charge in [0.15, 0.2) is 5.95 Å². The van der Waals surface area contributed by atoms with Crippen LogP contribution in [0.3, 0.4) is 0 Å². The number of carbonyl (C=O) groups excluding carboxylic acids is 1. The van der Waals surface area contributed by atoms with Gasteiger partial charge in [-0.1, -0.05) is 6.07 Å². The van der Waals surface area contributed by atoms with Gasteiger partial charge in [-0.3, -0.25) is 10.1 Å². The fourth-order valence-corrected chi connectivity index (χ4v) is 6.50. The summed E-state index contributed by atoms with van der Waals surface area (Å²) < 4.78 is 0. The minimum atomic E-state index is -0.233. The van der Waals surface area contributed by atoms with Crippen LogP contribution in [0.25, 0.3) is 11.0 Å². The summed E-state index contributed by atoms with van der Waals surface area (Å²) in [6, 6.07) is 5.42. The van der Waals surface area contributed by atoms with Gasteiger partial charge < -0.3 is 15.7 Å². The highest BCUT2D eigenvalue weighted by Gasteiger charge is 2.52. The van der Waals surface area contributed by atoms with E-state index in [0.717, 1.165) is 23.3 Å². The summed E-state index contributed by atoms with van der Waals surface area (Å²) in [6.07, 6.45) is 9.96. The van der Waals surface area contributed by atoms with Gasteiger partial charge in [-0.15, -0.1) is 0 Å². The number of amides is 1. The molecule has 0 radical (unpaired) electrons. The number of fused-ring (bicyclic) bond motifs is 1. The van der Waals surface area contributed by atoms with Crippen LogP contribution in [0, 0.1) is 17.8 Å². The predicted molar refractivity (Wildman–Crippen MR) is 107 cm³/mol. The van der Waals surface area contributed by atoms with Gasteiger partial charge in [0.2, 0.25) is 5.95 Å². The smallest absolute Gasteiger partial charge is 0.260 e. The van der Waals surface area contributed by atoms with Gasteiger partial charge >= 0.3 is 0 Å². The van der Waals surface area contributed by atoms with E-state index in [0.29, 0.717) is 23.0 Å². The fourth-order valence-electron chi connectivity index (χ4n) is 6.50. The first kappa shape index (κ1) is 16.2. The van der Waals surface area contributed by atoms with Crippen LogP contribution in [-0.2, 0) is 5.41 Å². The lowest BCUT2D eigenvalue weighted by atomic mass is 9.49. The third-order valence-corrected chi connectivity index (χ3v) is 7.19. The molecule has 28 heavy (non-hydrogen) atoms. The molecule has 4 bridgehead atoms. The molecule has 4 fully saturated rings. The summed E-state index contributed by atoms with van der Waals surface area (Å²) >= 11 is 0. The first-order valence-corrected chi connectivity index (χ1v) is 10.2. The zero-order valence-electron chi connectivity index (χ0n) is 15.7. The molecule has 4 aliphatic carbocycles. The van der Waals surface area contributed by atoms with Gasteiger partial charge in [-0.25, -0.2) is 9.97 Å². The number of nitrogens with zero attached hydrogens (tertiary/aromatic N) is 2. The molecule has 2 aromatic heterocycles. The van der Waals surface area contributed by atoms with Crippen LogP contribution in [-0.4, -0.2) is 25.8 Å². The zero-order valence-corrected chi connectivity index (χ0v) is 15.7. The van der Waals surface area contributed by atoms with Crippen molar-refractivity contribution < 1.29 is 4.79 Å². The van der Waals surface area contributed by atoms with Crippen molar-refractivity contribution in [2.24, 2.45) is 17.8 Å². The monoisotopic (exact) mass is 376 g/mol. The second-order valence-corrected chi connectivity index (χ2v) is 9.12. The lowest BCUT2D eigenvalue weighted by molar-refractivity contribution is -0.00698. The molecule has 4 saturated carbocycles. The molecule has 5 N–H and O–H groups in total. The Morgan fingerprint density at radius 2 is 1.82 bits per heavy atom. The lowest BCUT2D eigenvalue weighted by Gasteiger charge is -2.56. The molecule has 7 nitrogen and oxygen atoms in total. The van der Waals surface area contributed by atoms with Crippen molar-refractivity contribution in [2.75, 3.05) is 11.1 Å². The van der Waals surface area contributed by atoms with E-state index in [9.17, 15) is 4.79 Å². The van der Waals surface area contributed by atoms with E-state index in [2.05, 4.69) is 25.3 Å². The predicted octanol–water partition coefficient (Wildman–Crippen LogP) is 3.59. The second kappa shape index (κ2) is 5.59. The molecular formula is C21H24N6O. The maximum absolute atomic E-state index is 12.8. The SMILES string of the molecule is Nc1nc2c(C(=O)Nc3ncc(C45CC6CC(CC(C6)C4)C5)[nH]3)cccc2[nH]1. The average Bonchev–Trinajstić information content (AvgIpc) is 3.26. The number of H-pyrrole nitrogens is 2. The van der Waals surface area contributed by atoms with Gasteiger partial charge in [0, 0.05) is 11.1 Å². The molecule has 1 amide bonds. The normalized spacial score (nSPS) is 30.8. The molecule has 3 aromatic rings. The zero-order chi connectivity index (χ0) is 18.9. The number of para-hydroxylation sites is 1. The van der Waals surface area contributed by atoms with Crippen LogP contribution in [0.1, 0.15) is 54.6 Å². The van der Waals surface area contributed by atoms with E-state index < -0.39 is 0 Å². The number of imidazole rings is 2. The van der Waals surface area contributed by atoms with Gasteiger partial charge in [0.05, 0.1) is 17.3 Å². The maximum atomic E-state index is 12.8. The third-order valence-electron chi connectivity index (χ3n) is 7.19. The van der Waals surface area contributed by atoms with E-state index in [4.69, 9.17) is 5.73 Å². The summed E-state index contributed by atoms with van der Waals surface area (Å²) in [5, 5.41) is 2.91. The summed E-state index contributed by atoms with van der Waals surface area (Å²) in [5.74, 6) is 3.19. The number of carbonyl (C=O) groups is 1. The highest BCUT2D eigenvalue weighted by atomic mass is 16.1. The maximum Gasteiger partial charge on any atom is 0.260 e. The molecule has 144 valence electrons. The first-order valence-electron chi connectivity index (χ1n) is 10.2. The summed E-state index contributed by atoms with van der Waals surface area (Å²) in [4.78, 5) is 27.9. The molecule has 0 saturated heterocycles. The number of nitrogen functional groups attached to an aromatic ring is 1. The Kier molecular flexibility index (Phi) is 3.23. The second-order valence-electron chi connectivity index (χ2n) is 9.12. The van der Waals surface area contributed by atoms with E-state index >= 15 is 0 Å². The number of hydrogen-bond acceptors (Lipinski definition) is 4. The van der Waals surface area contributed by atoms with Gasteiger partial charge in [-0.05, 0) is 68.4 Å². The molecule has 2 heterocycles. The largest absolute Gasteiger partial charge is 0.369 e. The van der Waals surface area contributed by atoms with Crippen molar-refractivity contribution >= 4 is 28.8 Å². The number of hydrogen-bond donors (Lipinski definition) is 4. The van der Waals surface area contributed by atoms with Crippen molar-refractivity contribution in [3.8, 4) is 0 Å². The van der Waals surface area contributed by atoms with E-state index in [-0.39, 0.29) is 11.3 Å². The van der Waals surface area contributed by atoms with Crippen molar-refractivity contribution in [1.29, 1.82) is 0 Å². The summed E-state index contributed by atoms with van der Waals surface area (Å²) in [5.41, 5.74) is 8.99. The average molecular weight is 376 g/mol. The van der Waals surface area contributed by atoms with Gasteiger partial charge in [0.25, 0.3) is 5.91 Å². The number of nitrogens with one attached hydrogen (secondary N) is 3. The Balaban J connectivity index is 1.27. The third kappa shape index (κ3) is 2.38. The molecule has 7 rings (SSSR count). The highest BCUT2D eigenvalue weighted by Crippen LogP contribution is 2.60. The van der Waals surface area contributed by atoms with Crippen LogP contribution in [0.2, 0.25) is 0 Å². The lowest BCUT2D eigenvalue weighted by Crippen LogP contribution is -2.48. The van der Waals surface area contributed by atoms with Crippen LogP contribution < -0.4 is 11.1 Å². The van der Waals surface area contributed by atoms with Gasteiger partial charge in [0.1, 0.15) is 5.52 Å². The molecule has 0 atom stereocenters. The van der Waals surface area contributed by atoms with Crippen LogP contribution in [0.15, 0.2) is 24.4 Å². The molecule has 4 aliphatic rings. The number of aromatic amines is 2. The minimum absolute atomic E-state index is 0.233. The fraction of sp³-hybridized carbons (Fsp3) is 0.476. The van der Waals surface area contributed by atoms with E-state index in [1.165, 1.54) is 44.2 Å². The van der Waals surface area contributed by atoms with Crippen molar-refractivity contribution in [2.45, 2.75) is 43.9 Å². The molecule has 1 aromatic carbocycles. The minimum Gasteiger partial charge on any atom is -0.369 e. The van der Waals surface area contributed by atoms with Crippen molar-refractivity contribution in [3.63, 3.8) is 0 Å². The first-order chi connectivity index (χ1) is 13.6. The number of anilines is 2. The number of nitrogens with two attached hydrogens (primary N) is 1. The molecule has 0 spiro atoms. The quantitative estimate of drug-likeness (QED) is 0.559. The van der Waals surface area contributed by atoms with Crippen molar-refractivity contribution in [1.82, 2.24) is 19.9 Å². The topological polar surface area (TPSA) is 112 Å². The van der Waals surface area contributed by atoms with Crippen LogP contribution in [0.5, 0.6) is 0 Å². The summed E-state index contributed by atoms with van der Waals surface area (Å²) in [6.45, 7) is 0. The van der Waals surface area contributed by atoms with E-state index in [1.54, 1.807) is 6.07 Å². The van der Waals surface area contributed by atoms with Crippen LogP contribution in [0.4, 0.5) is 11.9 Å². The van der Waals surface area contributed by atoms with Crippen molar-refractivity contribution in [3.05, 3.63) is 35.7 Å². The number of aromatic nitrogens is 4. The summed E-state index contributed by atoms with van der Waals surface area (Å²) in [7, 11) is 0. The molecule has 7 heteroatoms. The Morgan fingerprint density at radius 1 is 1.11 bits per heavy atom. The van der Waals surface area contributed by atoms with E-state index in [1.807, 2.05) is 18.3 Å². The Bertz CT molecular complexity index is 1040. The van der Waals surface area contributed by atoms with Gasteiger partial charge in [-0.2, -0.15) is 0 Å². The van der Waals surface area contributed by atoms with Crippen LogP contribution >= 0.6 is 0 Å². The Hall–Kier alpha value is -2.83. The number of rotatable bonds is 3. The Morgan fingerprint density at radius 3 is 2.54 bits per heavy atom. The Labute approximate surface area is 162 Å². The molecular weight excluding hydrogens is 352 g/mol. The molecule has 0 unspecified atom stereocenters. The standard InChI is InChI=1S/C21H24N6O/c22-19-24-15-3-1-2-14(17(15)26-19)18(28)27-20-23-10-16(25-20)21-7-11-4-12(8-21)6-13(5-11)9-21/h1-3,10-13H,4-9H2,(H3,22,24,26)(H2,23,25,27,28). The highest BCUT2D eigenvalue weighted by molar-refractivity contribution is 6.11. The molecule has 0 aliphatic heterocycles. The number of benzene rings is 1.